The van der Waals surface area contributed by atoms with Crippen LogP contribution in [0.2, 0.25) is 0 Å². The van der Waals surface area contributed by atoms with Crippen molar-refractivity contribution in [3.63, 3.8) is 0 Å². The van der Waals surface area contributed by atoms with Crippen LogP contribution in [0.3, 0.4) is 0 Å². The van der Waals surface area contributed by atoms with Crippen LogP contribution in [0.15, 0.2) is 81.1 Å². The van der Waals surface area contributed by atoms with Crippen molar-refractivity contribution >= 4 is 16.9 Å². The molecule has 2 aromatic heterocycles. The summed E-state index contributed by atoms with van der Waals surface area (Å²) >= 11 is 0. The Morgan fingerprint density at radius 1 is 1.12 bits per heavy atom. The van der Waals surface area contributed by atoms with Gasteiger partial charge in [0.25, 0.3) is 5.91 Å². The van der Waals surface area contributed by atoms with E-state index in [1.807, 2.05) is 19.1 Å². The molecule has 0 saturated heterocycles. The number of hydrogen-bond donors (Lipinski definition) is 0. The fourth-order valence-electron chi connectivity index (χ4n) is 4.34. The molecule has 7 heteroatoms. The minimum atomic E-state index is -0.684. The van der Waals surface area contributed by atoms with Crippen LogP contribution >= 0.6 is 0 Å². The lowest BCUT2D eigenvalue weighted by molar-refractivity contribution is 0.0701. The van der Waals surface area contributed by atoms with Gasteiger partial charge >= 0.3 is 0 Å². The van der Waals surface area contributed by atoms with E-state index in [1.54, 1.807) is 60.7 Å². The predicted octanol–water partition coefficient (Wildman–Crippen LogP) is 5.01. The second-order valence-corrected chi connectivity index (χ2v) is 8.10. The Kier molecular flexibility index (Phi) is 5.45. The molecule has 1 aliphatic rings. The first-order valence-electron chi connectivity index (χ1n) is 10.8. The van der Waals surface area contributed by atoms with Crippen LogP contribution in [0.4, 0.5) is 0 Å². The van der Waals surface area contributed by atoms with Gasteiger partial charge in [-0.15, -0.1) is 0 Å². The Balaban J connectivity index is 1.70. The van der Waals surface area contributed by atoms with Crippen molar-refractivity contribution in [1.29, 1.82) is 0 Å². The molecular weight excluding hydrogens is 434 g/mol. The smallest absolute Gasteiger partial charge is 0.291 e. The number of aryl methyl sites for hydroxylation is 1. The molecule has 34 heavy (non-hydrogen) atoms. The lowest BCUT2D eigenvalue weighted by Gasteiger charge is -2.25. The van der Waals surface area contributed by atoms with Crippen molar-refractivity contribution in [2.75, 3.05) is 13.7 Å². The number of amides is 1. The zero-order chi connectivity index (χ0) is 23.8. The fraction of sp³-hybridized carbons (Fsp3) is 0.185. The third-order valence-electron chi connectivity index (χ3n) is 5.89. The second kappa shape index (κ2) is 8.59. The predicted molar refractivity (Wildman–Crippen MR) is 126 cm³/mol. The molecule has 0 bridgehead atoms. The first kappa shape index (κ1) is 21.6. The van der Waals surface area contributed by atoms with Gasteiger partial charge in [-0.05, 0) is 48.9 Å². The normalized spacial score (nSPS) is 14.9. The van der Waals surface area contributed by atoms with Crippen LogP contribution in [-0.4, -0.2) is 24.5 Å². The van der Waals surface area contributed by atoms with E-state index in [1.165, 1.54) is 0 Å². The lowest BCUT2D eigenvalue weighted by atomic mass is 9.97. The van der Waals surface area contributed by atoms with Gasteiger partial charge in [0.15, 0.2) is 16.9 Å². The zero-order valence-corrected chi connectivity index (χ0v) is 18.9. The minimum absolute atomic E-state index is 0.0452. The van der Waals surface area contributed by atoms with E-state index >= 15 is 0 Å². The number of furan rings is 1. The second-order valence-electron chi connectivity index (χ2n) is 8.10. The summed E-state index contributed by atoms with van der Waals surface area (Å²) in [5.74, 6) is 1.29. The Hall–Kier alpha value is -4.26. The summed E-state index contributed by atoms with van der Waals surface area (Å²) in [5, 5.41) is 0.439. The molecule has 0 aliphatic carbocycles. The maximum absolute atomic E-state index is 13.7. The SMILES string of the molecule is C=CCOc1ccc([C@@H]2c3c(oc4ccc(C)cc4c3=O)C(=O)N2Cc2ccco2)cc1OC. The highest BCUT2D eigenvalue weighted by molar-refractivity contribution is 5.99. The number of methoxy groups -OCH3 is 1. The molecule has 5 rings (SSSR count). The van der Waals surface area contributed by atoms with Crippen molar-refractivity contribution in [3.05, 3.63) is 106 Å². The average Bonchev–Trinajstić information content (AvgIpc) is 3.45. The molecule has 0 radical (unpaired) electrons. The zero-order valence-electron chi connectivity index (χ0n) is 18.9. The molecule has 3 heterocycles. The Morgan fingerprint density at radius 2 is 1.97 bits per heavy atom. The monoisotopic (exact) mass is 457 g/mol. The number of hydrogen-bond acceptors (Lipinski definition) is 6. The lowest BCUT2D eigenvalue weighted by Crippen LogP contribution is -2.29. The maximum atomic E-state index is 13.7. The molecule has 0 unspecified atom stereocenters. The highest BCUT2D eigenvalue weighted by atomic mass is 16.5. The molecule has 0 N–H and O–H groups in total. The number of carbonyl (C=O) groups is 1. The molecule has 0 fully saturated rings. The molecule has 1 aliphatic heterocycles. The molecular formula is C27H23NO6. The van der Waals surface area contributed by atoms with E-state index < -0.39 is 6.04 Å². The number of carbonyl (C=O) groups excluding carboxylic acids is 1. The van der Waals surface area contributed by atoms with Crippen molar-refractivity contribution in [1.82, 2.24) is 4.90 Å². The van der Waals surface area contributed by atoms with Crippen LogP contribution in [0, 0.1) is 6.92 Å². The summed E-state index contributed by atoms with van der Waals surface area (Å²) in [6.07, 6.45) is 3.19. The summed E-state index contributed by atoms with van der Waals surface area (Å²) in [4.78, 5) is 28.8. The van der Waals surface area contributed by atoms with Crippen molar-refractivity contribution < 1.29 is 23.1 Å². The van der Waals surface area contributed by atoms with Crippen LogP contribution in [0.1, 0.15) is 39.0 Å². The summed E-state index contributed by atoms with van der Waals surface area (Å²) in [6, 6.07) is 13.6. The highest BCUT2D eigenvalue weighted by Gasteiger charge is 2.43. The number of rotatable bonds is 7. The molecule has 1 atom stereocenters. The molecule has 0 spiro atoms. The highest BCUT2D eigenvalue weighted by Crippen LogP contribution is 2.41. The maximum Gasteiger partial charge on any atom is 0.291 e. The summed E-state index contributed by atoms with van der Waals surface area (Å²) in [6.45, 7) is 6.07. The van der Waals surface area contributed by atoms with Gasteiger partial charge in [0.1, 0.15) is 18.0 Å². The average molecular weight is 457 g/mol. The largest absolute Gasteiger partial charge is 0.493 e. The topological polar surface area (TPSA) is 82.1 Å². The van der Waals surface area contributed by atoms with Gasteiger partial charge in [-0.3, -0.25) is 9.59 Å². The van der Waals surface area contributed by atoms with Gasteiger partial charge in [0, 0.05) is 0 Å². The van der Waals surface area contributed by atoms with Gasteiger partial charge in [-0.2, -0.15) is 0 Å². The van der Waals surface area contributed by atoms with Crippen molar-refractivity contribution in [2.24, 2.45) is 0 Å². The van der Waals surface area contributed by atoms with Gasteiger partial charge < -0.3 is 23.2 Å². The standard InChI is InChI=1S/C27H23NO6/c1-4-11-33-21-10-8-17(14-22(21)31-3)24-23-25(29)19-13-16(2)7-9-20(19)34-26(23)27(30)28(24)15-18-6-5-12-32-18/h4-10,12-14,24H,1,11,15H2,2-3H3/t24-/m1/s1. The van der Waals surface area contributed by atoms with E-state index in [2.05, 4.69) is 6.58 Å². The Bertz CT molecular complexity index is 1450. The Labute approximate surface area is 195 Å². The van der Waals surface area contributed by atoms with E-state index in [9.17, 15) is 9.59 Å². The van der Waals surface area contributed by atoms with Gasteiger partial charge in [-0.25, -0.2) is 0 Å². The molecule has 172 valence electrons. The summed E-state index contributed by atoms with van der Waals surface area (Å²) in [7, 11) is 1.54. The van der Waals surface area contributed by atoms with E-state index in [4.69, 9.17) is 18.3 Å². The number of fused-ring (bicyclic) bond motifs is 2. The summed E-state index contributed by atoms with van der Waals surface area (Å²) < 4.78 is 22.7. The van der Waals surface area contributed by atoms with E-state index in [0.29, 0.717) is 46.0 Å². The molecule has 2 aromatic carbocycles. The fourth-order valence-corrected chi connectivity index (χ4v) is 4.34. The Morgan fingerprint density at radius 3 is 2.71 bits per heavy atom. The molecule has 0 saturated carbocycles. The third kappa shape index (κ3) is 3.55. The third-order valence-corrected chi connectivity index (χ3v) is 5.89. The van der Waals surface area contributed by atoms with Gasteiger partial charge in [0.2, 0.25) is 5.76 Å². The van der Waals surface area contributed by atoms with Crippen LogP contribution in [0.5, 0.6) is 11.5 Å². The van der Waals surface area contributed by atoms with Gasteiger partial charge in [-0.1, -0.05) is 30.4 Å². The van der Waals surface area contributed by atoms with Crippen LogP contribution in [0.25, 0.3) is 11.0 Å². The van der Waals surface area contributed by atoms with Crippen molar-refractivity contribution in [3.8, 4) is 11.5 Å². The van der Waals surface area contributed by atoms with Gasteiger partial charge in [0.05, 0.1) is 36.9 Å². The first-order chi connectivity index (χ1) is 16.5. The van der Waals surface area contributed by atoms with Crippen LogP contribution in [-0.2, 0) is 6.54 Å². The molecule has 7 nitrogen and oxygen atoms in total. The van der Waals surface area contributed by atoms with Crippen LogP contribution < -0.4 is 14.9 Å². The number of benzene rings is 2. The number of ether oxygens (including phenoxy) is 2. The molecule has 4 aromatic rings. The number of nitrogens with zero attached hydrogens (tertiary/aromatic N) is 1. The van der Waals surface area contributed by atoms with E-state index in [0.717, 1.165) is 5.56 Å². The van der Waals surface area contributed by atoms with Crippen molar-refractivity contribution in [2.45, 2.75) is 19.5 Å². The minimum Gasteiger partial charge on any atom is -0.493 e. The quantitative estimate of drug-likeness (QED) is 0.363. The first-order valence-corrected chi connectivity index (χ1v) is 10.8. The summed E-state index contributed by atoms with van der Waals surface area (Å²) in [5.41, 5.74) is 2.08. The molecule has 1 amide bonds. The van der Waals surface area contributed by atoms with E-state index in [-0.39, 0.29) is 23.6 Å².